The van der Waals surface area contributed by atoms with Crippen molar-refractivity contribution in [1.82, 2.24) is 0 Å². The standard InChI is InChI=1S/C9H19N.ClH/c1-5-6-10-9(4)7-8(2)3;/h8H,5-7H2,1-4H3;1H. The van der Waals surface area contributed by atoms with E-state index in [0.717, 1.165) is 25.3 Å². The summed E-state index contributed by atoms with van der Waals surface area (Å²) in [5.74, 6) is 0.751. The van der Waals surface area contributed by atoms with E-state index in [1.54, 1.807) is 0 Å². The highest BCUT2D eigenvalue weighted by Gasteiger charge is 1.94. The smallest absolute Gasteiger partial charge is 0.0385 e. The van der Waals surface area contributed by atoms with E-state index in [4.69, 9.17) is 0 Å². The topological polar surface area (TPSA) is 12.4 Å². The molecule has 0 unspecified atom stereocenters. The fraction of sp³-hybridized carbons (Fsp3) is 0.889. The Hall–Kier alpha value is -0.0400. The zero-order valence-electron chi connectivity index (χ0n) is 8.05. The Kier molecular flexibility index (Phi) is 9.92. The van der Waals surface area contributed by atoms with Gasteiger partial charge in [0, 0.05) is 12.3 Å². The number of nitrogens with zero attached hydrogens (tertiary/aromatic N) is 1. The van der Waals surface area contributed by atoms with Crippen LogP contribution in [0.1, 0.15) is 40.5 Å². The molecular weight excluding hydrogens is 158 g/mol. The second-order valence-electron chi connectivity index (χ2n) is 3.21. The lowest BCUT2D eigenvalue weighted by Gasteiger charge is -2.02. The van der Waals surface area contributed by atoms with E-state index >= 15 is 0 Å². The Morgan fingerprint density at radius 1 is 1.36 bits per heavy atom. The maximum absolute atomic E-state index is 4.40. The SMILES string of the molecule is CCCN=C(C)CC(C)C.Cl. The monoisotopic (exact) mass is 177 g/mol. The molecule has 0 atom stereocenters. The highest BCUT2D eigenvalue weighted by molar-refractivity contribution is 5.85. The Balaban J connectivity index is 0. The quantitative estimate of drug-likeness (QED) is 0.585. The second kappa shape index (κ2) is 8.06. The van der Waals surface area contributed by atoms with Gasteiger partial charge in [0.2, 0.25) is 0 Å². The molecule has 0 amide bonds. The molecule has 0 saturated heterocycles. The second-order valence-corrected chi connectivity index (χ2v) is 3.21. The highest BCUT2D eigenvalue weighted by atomic mass is 35.5. The van der Waals surface area contributed by atoms with Crippen LogP contribution in [0.4, 0.5) is 0 Å². The van der Waals surface area contributed by atoms with Gasteiger partial charge in [-0.15, -0.1) is 12.4 Å². The summed E-state index contributed by atoms with van der Waals surface area (Å²) in [5.41, 5.74) is 1.30. The summed E-state index contributed by atoms with van der Waals surface area (Å²) in [4.78, 5) is 4.40. The predicted octanol–water partition coefficient (Wildman–Crippen LogP) is 3.33. The molecule has 0 aliphatic rings. The fourth-order valence-corrected chi connectivity index (χ4v) is 0.958. The minimum absolute atomic E-state index is 0. The van der Waals surface area contributed by atoms with Crippen LogP contribution in [0.15, 0.2) is 4.99 Å². The summed E-state index contributed by atoms with van der Waals surface area (Å²) >= 11 is 0. The molecule has 0 aromatic heterocycles. The maximum atomic E-state index is 4.40. The minimum Gasteiger partial charge on any atom is -0.294 e. The highest BCUT2D eigenvalue weighted by Crippen LogP contribution is 2.01. The van der Waals surface area contributed by atoms with Crippen molar-refractivity contribution in [3.63, 3.8) is 0 Å². The van der Waals surface area contributed by atoms with Crippen LogP contribution in [-0.2, 0) is 0 Å². The molecule has 68 valence electrons. The van der Waals surface area contributed by atoms with Gasteiger partial charge in [-0.1, -0.05) is 20.8 Å². The predicted molar refractivity (Wildman–Crippen MR) is 55.0 cm³/mol. The zero-order chi connectivity index (χ0) is 7.98. The Morgan fingerprint density at radius 2 is 1.91 bits per heavy atom. The van der Waals surface area contributed by atoms with Crippen LogP contribution in [0.2, 0.25) is 0 Å². The summed E-state index contributed by atoms with van der Waals surface area (Å²) in [6, 6.07) is 0. The van der Waals surface area contributed by atoms with Gasteiger partial charge in [-0.2, -0.15) is 0 Å². The van der Waals surface area contributed by atoms with E-state index in [-0.39, 0.29) is 12.4 Å². The summed E-state index contributed by atoms with van der Waals surface area (Å²) < 4.78 is 0. The molecule has 0 heterocycles. The van der Waals surface area contributed by atoms with E-state index in [9.17, 15) is 0 Å². The molecule has 0 N–H and O–H groups in total. The average molecular weight is 178 g/mol. The molecule has 1 nitrogen and oxygen atoms in total. The van der Waals surface area contributed by atoms with Gasteiger partial charge < -0.3 is 0 Å². The van der Waals surface area contributed by atoms with Crippen molar-refractivity contribution in [1.29, 1.82) is 0 Å². The molecule has 0 aliphatic heterocycles. The summed E-state index contributed by atoms with van der Waals surface area (Å²) in [5, 5.41) is 0. The first-order valence-electron chi connectivity index (χ1n) is 4.16. The minimum atomic E-state index is 0. The van der Waals surface area contributed by atoms with Crippen molar-refractivity contribution in [2.75, 3.05) is 6.54 Å². The van der Waals surface area contributed by atoms with Crippen LogP contribution < -0.4 is 0 Å². The third-order valence-corrected chi connectivity index (χ3v) is 1.31. The molecule has 2 heteroatoms. The normalized spacial score (nSPS) is 11.5. The Labute approximate surface area is 76.7 Å². The van der Waals surface area contributed by atoms with Gasteiger partial charge in [-0.3, -0.25) is 4.99 Å². The third kappa shape index (κ3) is 9.96. The molecule has 0 fully saturated rings. The van der Waals surface area contributed by atoms with Crippen LogP contribution in [0.3, 0.4) is 0 Å². The van der Waals surface area contributed by atoms with E-state index in [2.05, 4.69) is 32.7 Å². The number of halogens is 1. The first-order valence-corrected chi connectivity index (χ1v) is 4.16. The number of hydrogen-bond acceptors (Lipinski definition) is 1. The molecular formula is C9H20ClN. The van der Waals surface area contributed by atoms with Crippen molar-refractivity contribution in [2.24, 2.45) is 10.9 Å². The molecule has 0 saturated carbocycles. The molecule has 0 rings (SSSR count). The van der Waals surface area contributed by atoms with E-state index in [1.165, 1.54) is 5.71 Å². The molecule has 0 radical (unpaired) electrons. The summed E-state index contributed by atoms with van der Waals surface area (Å²) in [6.07, 6.45) is 2.31. The van der Waals surface area contributed by atoms with Gasteiger partial charge in [0.1, 0.15) is 0 Å². The maximum Gasteiger partial charge on any atom is 0.0385 e. The van der Waals surface area contributed by atoms with Crippen molar-refractivity contribution in [3.05, 3.63) is 0 Å². The van der Waals surface area contributed by atoms with Crippen molar-refractivity contribution in [2.45, 2.75) is 40.5 Å². The van der Waals surface area contributed by atoms with Crippen LogP contribution >= 0.6 is 12.4 Å². The molecule has 0 aromatic rings. The number of rotatable bonds is 4. The van der Waals surface area contributed by atoms with Crippen molar-refractivity contribution >= 4 is 18.1 Å². The van der Waals surface area contributed by atoms with Crippen LogP contribution in [0, 0.1) is 5.92 Å². The largest absolute Gasteiger partial charge is 0.294 e. The van der Waals surface area contributed by atoms with Crippen molar-refractivity contribution < 1.29 is 0 Å². The molecule has 0 spiro atoms. The Bertz CT molecular complexity index is 108. The molecule has 0 aliphatic carbocycles. The van der Waals surface area contributed by atoms with Gasteiger partial charge >= 0.3 is 0 Å². The van der Waals surface area contributed by atoms with Crippen LogP contribution in [0.25, 0.3) is 0 Å². The number of hydrogen-bond donors (Lipinski definition) is 0. The van der Waals surface area contributed by atoms with E-state index < -0.39 is 0 Å². The van der Waals surface area contributed by atoms with Gasteiger partial charge in [-0.25, -0.2) is 0 Å². The van der Waals surface area contributed by atoms with Gasteiger partial charge in [-0.05, 0) is 25.7 Å². The van der Waals surface area contributed by atoms with E-state index in [0.29, 0.717) is 0 Å². The van der Waals surface area contributed by atoms with Gasteiger partial charge in [0.15, 0.2) is 0 Å². The molecule has 0 bridgehead atoms. The first-order chi connectivity index (χ1) is 4.66. The number of aliphatic imine (C=N–C) groups is 1. The fourth-order valence-electron chi connectivity index (χ4n) is 0.958. The first kappa shape index (κ1) is 13.5. The van der Waals surface area contributed by atoms with E-state index in [1.807, 2.05) is 0 Å². The molecule has 11 heavy (non-hydrogen) atoms. The Morgan fingerprint density at radius 3 is 2.27 bits per heavy atom. The van der Waals surface area contributed by atoms with Crippen molar-refractivity contribution in [3.8, 4) is 0 Å². The van der Waals surface area contributed by atoms with Gasteiger partial charge in [0.05, 0.1) is 0 Å². The lowest BCUT2D eigenvalue weighted by molar-refractivity contribution is 0.679. The van der Waals surface area contributed by atoms with Crippen LogP contribution in [0.5, 0.6) is 0 Å². The zero-order valence-corrected chi connectivity index (χ0v) is 8.87. The summed E-state index contributed by atoms with van der Waals surface area (Å²) in [7, 11) is 0. The molecule has 0 aromatic carbocycles. The lowest BCUT2D eigenvalue weighted by Crippen LogP contribution is -1.98. The third-order valence-electron chi connectivity index (χ3n) is 1.31. The van der Waals surface area contributed by atoms with Crippen LogP contribution in [-0.4, -0.2) is 12.3 Å². The lowest BCUT2D eigenvalue weighted by atomic mass is 10.1. The average Bonchev–Trinajstić information content (AvgIpc) is 1.82. The van der Waals surface area contributed by atoms with Gasteiger partial charge in [0.25, 0.3) is 0 Å². The summed E-state index contributed by atoms with van der Waals surface area (Å²) in [6.45, 7) is 9.73.